The van der Waals surface area contributed by atoms with E-state index in [0.717, 1.165) is 0 Å². The van der Waals surface area contributed by atoms with Crippen molar-refractivity contribution < 1.29 is 14.7 Å². The number of rotatable bonds is 3. The first kappa shape index (κ1) is 13.4. The van der Waals surface area contributed by atoms with Crippen molar-refractivity contribution in [3.63, 3.8) is 0 Å². The van der Waals surface area contributed by atoms with Crippen LogP contribution in [0.3, 0.4) is 0 Å². The molecule has 3 amide bonds. The van der Waals surface area contributed by atoms with Gasteiger partial charge in [0.1, 0.15) is 0 Å². The van der Waals surface area contributed by atoms with Crippen LogP contribution >= 0.6 is 0 Å². The molecule has 1 aliphatic heterocycles. The SMILES string of the molecule is NC(=O)N[C@@H]1CCN(C(=O)C(O)c2ccccc2)C1. The molecule has 1 aromatic rings. The molecule has 1 aliphatic rings. The zero-order valence-corrected chi connectivity index (χ0v) is 10.5. The molecule has 19 heavy (non-hydrogen) atoms. The molecule has 102 valence electrons. The molecule has 1 unspecified atom stereocenters. The minimum atomic E-state index is -1.16. The standard InChI is InChI=1S/C13H17N3O3/c14-13(19)15-10-6-7-16(8-10)12(18)11(17)9-4-2-1-3-5-9/h1-5,10-11,17H,6-8H2,(H3,14,15,19)/t10-,11?/m1/s1. The molecule has 4 N–H and O–H groups in total. The maximum absolute atomic E-state index is 12.1. The largest absolute Gasteiger partial charge is 0.378 e. The van der Waals surface area contributed by atoms with Crippen LogP contribution in [0.5, 0.6) is 0 Å². The van der Waals surface area contributed by atoms with Gasteiger partial charge in [-0.15, -0.1) is 0 Å². The highest BCUT2D eigenvalue weighted by Gasteiger charge is 2.30. The van der Waals surface area contributed by atoms with Gasteiger partial charge in [0.15, 0.2) is 6.10 Å². The normalized spacial score (nSPS) is 20.1. The number of aliphatic hydroxyl groups excluding tert-OH is 1. The Hall–Kier alpha value is -2.08. The maximum Gasteiger partial charge on any atom is 0.312 e. The number of urea groups is 1. The molecule has 1 saturated heterocycles. The van der Waals surface area contributed by atoms with E-state index >= 15 is 0 Å². The summed E-state index contributed by atoms with van der Waals surface area (Å²) in [6.07, 6.45) is -0.510. The molecule has 0 spiro atoms. The van der Waals surface area contributed by atoms with Gasteiger partial charge in [0, 0.05) is 19.1 Å². The summed E-state index contributed by atoms with van der Waals surface area (Å²) in [6, 6.07) is 8.05. The summed E-state index contributed by atoms with van der Waals surface area (Å²) in [4.78, 5) is 24.4. The molecule has 2 rings (SSSR count). The average molecular weight is 263 g/mol. The molecular weight excluding hydrogens is 246 g/mol. The van der Waals surface area contributed by atoms with E-state index in [1.807, 2.05) is 6.07 Å². The van der Waals surface area contributed by atoms with E-state index in [1.54, 1.807) is 24.3 Å². The van der Waals surface area contributed by atoms with Gasteiger partial charge < -0.3 is 21.1 Å². The monoisotopic (exact) mass is 263 g/mol. The number of primary amides is 1. The van der Waals surface area contributed by atoms with Crippen LogP contribution in [-0.4, -0.2) is 41.1 Å². The fraction of sp³-hybridized carbons (Fsp3) is 0.385. The lowest BCUT2D eigenvalue weighted by Crippen LogP contribution is -2.41. The molecule has 6 heteroatoms. The number of nitrogens with zero attached hydrogens (tertiary/aromatic N) is 1. The number of hydrogen-bond donors (Lipinski definition) is 3. The summed E-state index contributed by atoms with van der Waals surface area (Å²) in [7, 11) is 0. The Morgan fingerprint density at radius 3 is 2.68 bits per heavy atom. The number of carbonyl (C=O) groups excluding carboxylic acids is 2. The Bertz CT molecular complexity index is 463. The topological polar surface area (TPSA) is 95.7 Å². The Kier molecular flexibility index (Phi) is 4.01. The van der Waals surface area contributed by atoms with Crippen LogP contribution in [0.15, 0.2) is 30.3 Å². The molecular formula is C13H17N3O3. The van der Waals surface area contributed by atoms with Crippen molar-refractivity contribution in [1.82, 2.24) is 10.2 Å². The number of nitrogens with one attached hydrogen (secondary N) is 1. The van der Waals surface area contributed by atoms with Crippen LogP contribution in [0.2, 0.25) is 0 Å². The quantitative estimate of drug-likeness (QED) is 0.715. The van der Waals surface area contributed by atoms with Crippen molar-refractivity contribution in [2.24, 2.45) is 5.73 Å². The number of likely N-dealkylation sites (tertiary alicyclic amines) is 1. The van der Waals surface area contributed by atoms with Crippen molar-refractivity contribution in [2.45, 2.75) is 18.6 Å². The van der Waals surface area contributed by atoms with E-state index in [9.17, 15) is 14.7 Å². The van der Waals surface area contributed by atoms with Gasteiger partial charge in [0.05, 0.1) is 0 Å². The molecule has 0 aliphatic carbocycles. The van der Waals surface area contributed by atoms with Gasteiger partial charge in [-0.2, -0.15) is 0 Å². The van der Waals surface area contributed by atoms with Gasteiger partial charge in [0.25, 0.3) is 5.91 Å². The van der Waals surface area contributed by atoms with Gasteiger partial charge >= 0.3 is 6.03 Å². The van der Waals surface area contributed by atoms with Crippen LogP contribution in [0, 0.1) is 0 Å². The second-order valence-corrected chi connectivity index (χ2v) is 4.59. The zero-order chi connectivity index (χ0) is 13.8. The number of aliphatic hydroxyl groups is 1. The van der Waals surface area contributed by atoms with Crippen molar-refractivity contribution in [3.05, 3.63) is 35.9 Å². The van der Waals surface area contributed by atoms with E-state index in [2.05, 4.69) is 5.32 Å². The van der Waals surface area contributed by atoms with E-state index in [1.165, 1.54) is 4.90 Å². The van der Waals surface area contributed by atoms with Crippen LogP contribution < -0.4 is 11.1 Å². The van der Waals surface area contributed by atoms with Gasteiger partial charge in [0.2, 0.25) is 0 Å². The molecule has 0 aromatic heterocycles. The lowest BCUT2D eigenvalue weighted by atomic mass is 10.1. The van der Waals surface area contributed by atoms with Crippen molar-refractivity contribution in [3.8, 4) is 0 Å². The number of hydrogen-bond acceptors (Lipinski definition) is 3. The molecule has 1 aromatic carbocycles. The molecule has 0 saturated carbocycles. The number of amides is 3. The van der Waals surface area contributed by atoms with Crippen LogP contribution in [-0.2, 0) is 4.79 Å². The lowest BCUT2D eigenvalue weighted by Gasteiger charge is -2.20. The Labute approximate surface area is 111 Å². The minimum Gasteiger partial charge on any atom is -0.378 e. The second-order valence-electron chi connectivity index (χ2n) is 4.59. The summed E-state index contributed by atoms with van der Waals surface area (Å²) >= 11 is 0. The predicted molar refractivity (Wildman–Crippen MR) is 69.1 cm³/mol. The van der Waals surface area contributed by atoms with Gasteiger partial charge in [-0.1, -0.05) is 30.3 Å². The summed E-state index contributed by atoms with van der Waals surface area (Å²) in [5, 5.41) is 12.6. The van der Waals surface area contributed by atoms with Crippen LogP contribution in [0.25, 0.3) is 0 Å². The Balaban J connectivity index is 1.96. The molecule has 0 radical (unpaired) electrons. The molecule has 2 atom stereocenters. The highest BCUT2D eigenvalue weighted by molar-refractivity contribution is 5.82. The summed E-state index contributed by atoms with van der Waals surface area (Å²) in [5.74, 6) is -0.347. The first-order valence-corrected chi connectivity index (χ1v) is 6.15. The van der Waals surface area contributed by atoms with E-state index < -0.39 is 12.1 Å². The highest BCUT2D eigenvalue weighted by atomic mass is 16.3. The van der Waals surface area contributed by atoms with Gasteiger partial charge in [-0.05, 0) is 12.0 Å². The Morgan fingerprint density at radius 2 is 2.05 bits per heavy atom. The van der Waals surface area contributed by atoms with Crippen LogP contribution in [0.4, 0.5) is 4.79 Å². The third kappa shape index (κ3) is 3.23. The third-order valence-corrected chi connectivity index (χ3v) is 3.20. The number of carbonyl (C=O) groups is 2. The van der Waals surface area contributed by atoms with Crippen molar-refractivity contribution >= 4 is 11.9 Å². The van der Waals surface area contributed by atoms with E-state index in [-0.39, 0.29) is 11.9 Å². The van der Waals surface area contributed by atoms with Gasteiger partial charge in [-0.25, -0.2) is 4.79 Å². The lowest BCUT2D eigenvalue weighted by molar-refractivity contribution is -0.139. The highest BCUT2D eigenvalue weighted by Crippen LogP contribution is 2.18. The summed E-state index contributed by atoms with van der Waals surface area (Å²) in [5.41, 5.74) is 5.61. The van der Waals surface area contributed by atoms with E-state index in [4.69, 9.17) is 5.73 Å². The average Bonchev–Trinajstić information content (AvgIpc) is 2.85. The van der Waals surface area contributed by atoms with Crippen LogP contribution in [0.1, 0.15) is 18.1 Å². The Morgan fingerprint density at radius 1 is 1.37 bits per heavy atom. The minimum absolute atomic E-state index is 0.135. The van der Waals surface area contributed by atoms with Gasteiger partial charge in [-0.3, -0.25) is 4.79 Å². The van der Waals surface area contributed by atoms with Crippen molar-refractivity contribution in [1.29, 1.82) is 0 Å². The number of benzene rings is 1. The summed E-state index contributed by atoms with van der Waals surface area (Å²) in [6.45, 7) is 0.888. The smallest absolute Gasteiger partial charge is 0.312 e. The first-order valence-electron chi connectivity index (χ1n) is 6.15. The first-order chi connectivity index (χ1) is 9.08. The number of nitrogens with two attached hydrogens (primary N) is 1. The predicted octanol–water partition coefficient (Wildman–Crippen LogP) is -0.0108. The molecule has 1 fully saturated rings. The third-order valence-electron chi connectivity index (χ3n) is 3.20. The molecule has 1 heterocycles. The van der Waals surface area contributed by atoms with Crippen molar-refractivity contribution in [2.75, 3.05) is 13.1 Å². The fourth-order valence-electron chi connectivity index (χ4n) is 2.23. The molecule has 0 bridgehead atoms. The maximum atomic E-state index is 12.1. The second kappa shape index (κ2) is 5.71. The van der Waals surface area contributed by atoms with E-state index in [0.29, 0.717) is 25.1 Å². The molecule has 6 nitrogen and oxygen atoms in total. The fourth-order valence-corrected chi connectivity index (χ4v) is 2.23. The zero-order valence-electron chi connectivity index (χ0n) is 10.5. The summed E-state index contributed by atoms with van der Waals surface area (Å²) < 4.78 is 0.